The van der Waals surface area contributed by atoms with Crippen LogP contribution in [0, 0.1) is 0 Å². The molecule has 0 bridgehead atoms. The van der Waals surface area contributed by atoms with E-state index in [0.717, 1.165) is 28.5 Å². The van der Waals surface area contributed by atoms with Gasteiger partial charge in [-0.25, -0.2) is 0 Å². The molecule has 3 aromatic carbocycles. The van der Waals surface area contributed by atoms with Gasteiger partial charge in [0.25, 0.3) is 0 Å². The second kappa shape index (κ2) is 7.27. The maximum Gasteiger partial charge on any atom is 0.129 e. The normalized spacial score (nSPS) is 10.7. The summed E-state index contributed by atoms with van der Waals surface area (Å²) in [6.45, 7) is 0. The molecule has 114 valence electrons. The average Bonchev–Trinajstić information content (AvgIpc) is 2.61. The van der Waals surface area contributed by atoms with Crippen LogP contribution in [0.2, 0.25) is 0 Å². The number of rotatable bonds is 5. The molecule has 0 fully saturated rings. The third-order valence-corrected chi connectivity index (χ3v) is 3.25. The van der Waals surface area contributed by atoms with Gasteiger partial charge in [0.2, 0.25) is 0 Å². The van der Waals surface area contributed by atoms with E-state index in [9.17, 15) is 0 Å². The summed E-state index contributed by atoms with van der Waals surface area (Å²) in [7, 11) is 1.65. The molecular weight excluding hydrogens is 286 g/mol. The van der Waals surface area contributed by atoms with Crippen LogP contribution in [0.25, 0.3) is 0 Å². The Morgan fingerprint density at radius 2 is 1.48 bits per heavy atom. The van der Waals surface area contributed by atoms with Crippen LogP contribution in [-0.2, 0) is 0 Å². The first-order valence-electron chi connectivity index (χ1n) is 7.34. The monoisotopic (exact) mass is 303 g/mol. The highest BCUT2D eigenvalue weighted by Crippen LogP contribution is 2.25. The Labute approximate surface area is 135 Å². The smallest absolute Gasteiger partial charge is 0.129 e. The minimum atomic E-state index is 0.761. The molecule has 3 aromatic rings. The fourth-order valence-corrected chi connectivity index (χ4v) is 2.12. The molecule has 0 amide bonds. The van der Waals surface area contributed by atoms with Crippen LogP contribution in [0.4, 0.5) is 5.69 Å². The molecule has 0 aliphatic heterocycles. The molecule has 0 aliphatic rings. The fourth-order valence-electron chi connectivity index (χ4n) is 2.12. The first kappa shape index (κ1) is 14.9. The molecule has 3 heteroatoms. The van der Waals surface area contributed by atoms with Crippen LogP contribution in [0.1, 0.15) is 5.56 Å². The maximum atomic E-state index is 5.81. The summed E-state index contributed by atoms with van der Waals surface area (Å²) in [6.07, 6.45) is 1.81. The van der Waals surface area contributed by atoms with Gasteiger partial charge >= 0.3 is 0 Å². The Hall–Kier alpha value is -3.07. The summed E-state index contributed by atoms with van der Waals surface area (Å²) < 4.78 is 11.0. The van der Waals surface area contributed by atoms with Crippen LogP contribution in [0.3, 0.4) is 0 Å². The third kappa shape index (κ3) is 4.20. The highest BCUT2D eigenvalue weighted by molar-refractivity contribution is 5.82. The maximum absolute atomic E-state index is 5.81. The zero-order valence-corrected chi connectivity index (χ0v) is 12.8. The third-order valence-electron chi connectivity index (χ3n) is 3.25. The van der Waals surface area contributed by atoms with Gasteiger partial charge in [-0.15, -0.1) is 0 Å². The van der Waals surface area contributed by atoms with Crippen LogP contribution < -0.4 is 9.47 Å². The van der Waals surface area contributed by atoms with Gasteiger partial charge in [-0.3, -0.25) is 4.99 Å². The molecular formula is C20H17NO2. The molecule has 3 nitrogen and oxygen atoms in total. The molecule has 0 atom stereocenters. The SMILES string of the molecule is COc1cccc(C=Nc2cccc(Oc3ccccc3)c2)c1. The van der Waals surface area contributed by atoms with Gasteiger partial charge in [0, 0.05) is 12.3 Å². The van der Waals surface area contributed by atoms with Gasteiger partial charge < -0.3 is 9.47 Å². The molecule has 0 saturated heterocycles. The summed E-state index contributed by atoms with van der Waals surface area (Å²) in [4.78, 5) is 4.49. The van der Waals surface area contributed by atoms with Crippen molar-refractivity contribution in [2.45, 2.75) is 0 Å². The van der Waals surface area contributed by atoms with Crippen molar-refractivity contribution in [2.24, 2.45) is 4.99 Å². The number of aliphatic imine (C=N–C) groups is 1. The van der Waals surface area contributed by atoms with E-state index in [2.05, 4.69) is 4.99 Å². The van der Waals surface area contributed by atoms with Crippen molar-refractivity contribution in [3.8, 4) is 17.2 Å². The molecule has 0 heterocycles. The molecule has 0 unspecified atom stereocenters. The topological polar surface area (TPSA) is 30.8 Å². The largest absolute Gasteiger partial charge is 0.497 e. The lowest BCUT2D eigenvalue weighted by Gasteiger charge is -2.05. The second-order valence-corrected chi connectivity index (χ2v) is 4.95. The summed E-state index contributed by atoms with van der Waals surface area (Å²) in [6, 6.07) is 25.2. The van der Waals surface area contributed by atoms with Crippen molar-refractivity contribution in [1.29, 1.82) is 0 Å². The van der Waals surface area contributed by atoms with Crippen molar-refractivity contribution >= 4 is 11.9 Å². The fraction of sp³-hybridized carbons (Fsp3) is 0.0500. The summed E-state index contributed by atoms with van der Waals surface area (Å²) in [5, 5.41) is 0. The van der Waals surface area contributed by atoms with Gasteiger partial charge in [0.1, 0.15) is 17.2 Å². The Morgan fingerprint density at radius 1 is 0.739 bits per heavy atom. The van der Waals surface area contributed by atoms with Gasteiger partial charge in [0.15, 0.2) is 0 Å². The summed E-state index contributed by atoms with van der Waals surface area (Å²) in [5.41, 5.74) is 1.82. The van der Waals surface area contributed by atoms with Gasteiger partial charge in [-0.2, -0.15) is 0 Å². The first-order valence-corrected chi connectivity index (χ1v) is 7.34. The molecule has 0 aromatic heterocycles. The molecule has 23 heavy (non-hydrogen) atoms. The van der Waals surface area contributed by atoms with Gasteiger partial charge in [0.05, 0.1) is 12.8 Å². The van der Waals surface area contributed by atoms with Gasteiger partial charge in [-0.05, 0) is 42.0 Å². The van der Waals surface area contributed by atoms with Gasteiger partial charge in [-0.1, -0.05) is 36.4 Å². The van der Waals surface area contributed by atoms with Crippen LogP contribution >= 0.6 is 0 Å². The van der Waals surface area contributed by atoms with E-state index in [1.807, 2.05) is 85.1 Å². The van der Waals surface area contributed by atoms with Crippen LogP contribution in [-0.4, -0.2) is 13.3 Å². The molecule has 0 N–H and O–H groups in total. The minimum Gasteiger partial charge on any atom is -0.497 e. The zero-order chi connectivity index (χ0) is 15.9. The van der Waals surface area contributed by atoms with E-state index in [0.29, 0.717) is 0 Å². The number of nitrogens with zero attached hydrogens (tertiary/aromatic N) is 1. The quantitative estimate of drug-likeness (QED) is 0.604. The Morgan fingerprint density at radius 3 is 2.30 bits per heavy atom. The van der Waals surface area contributed by atoms with E-state index in [1.54, 1.807) is 7.11 Å². The standard InChI is InChI=1S/C20H17NO2/c1-22-19-11-5-7-16(13-19)15-21-17-8-6-12-20(14-17)23-18-9-3-2-4-10-18/h2-15H,1H3. The van der Waals surface area contributed by atoms with E-state index < -0.39 is 0 Å². The molecule has 3 rings (SSSR count). The number of para-hydroxylation sites is 1. The predicted octanol–water partition coefficient (Wildman–Crippen LogP) is 5.24. The molecule has 0 spiro atoms. The van der Waals surface area contributed by atoms with Crippen LogP contribution in [0.5, 0.6) is 17.2 Å². The summed E-state index contributed by atoms with van der Waals surface area (Å²) >= 11 is 0. The number of methoxy groups -OCH3 is 1. The van der Waals surface area contributed by atoms with Crippen LogP contribution in [0.15, 0.2) is 83.9 Å². The van der Waals surface area contributed by atoms with Crippen molar-refractivity contribution in [3.05, 3.63) is 84.4 Å². The van der Waals surface area contributed by atoms with E-state index >= 15 is 0 Å². The first-order chi connectivity index (χ1) is 11.3. The van der Waals surface area contributed by atoms with Crippen molar-refractivity contribution < 1.29 is 9.47 Å². The molecule has 0 aliphatic carbocycles. The summed E-state index contributed by atoms with van der Waals surface area (Å²) in [5.74, 6) is 2.38. The lowest BCUT2D eigenvalue weighted by Crippen LogP contribution is -1.85. The number of hydrogen-bond donors (Lipinski definition) is 0. The zero-order valence-electron chi connectivity index (χ0n) is 12.8. The highest BCUT2D eigenvalue weighted by atomic mass is 16.5. The van der Waals surface area contributed by atoms with E-state index in [4.69, 9.17) is 9.47 Å². The lowest BCUT2D eigenvalue weighted by molar-refractivity contribution is 0.415. The Kier molecular flexibility index (Phi) is 4.69. The Bertz CT molecular complexity index is 798. The van der Waals surface area contributed by atoms with Crippen molar-refractivity contribution in [2.75, 3.05) is 7.11 Å². The number of ether oxygens (including phenoxy) is 2. The molecule has 0 radical (unpaired) electrons. The van der Waals surface area contributed by atoms with Crippen molar-refractivity contribution in [3.63, 3.8) is 0 Å². The minimum absolute atomic E-state index is 0.761. The average molecular weight is 303 g/mol. The van der Waals surface area contributed by atoms with Crippen molar-refractivity contribution in [1.82, 2.24) is 0 Å². The second-order valence-electron chi connectivity index (χ2n) is 4.95. The van der Waals surface area contributed by atoms with E-state index in [-0.39, 0.29) is 0 Å². The van der Waals surface area contributed by atoms with E-state index in [1.165, 1.54) is 0 Å². The molecule has 0 saturated carbocycles. The predicted molar refractivity (Wildman–Crippen MR) is 93.2 cm³/mol. The Balaban J connectivity index is 1.75. The lowest BCUT2D eigenvalue weighted by atomic mass is 10.2. The highest BCUT2D eigenvalue weighted by Gasteiger charge is 1.98. The number of hydrogen-bond acceptors (Lipinski definition) is 3. The number of benzene rings is 3.